The summed E-state index contributed by atoms with van der Waals surface area (Å²) in [5.41, 5.74) is 5.60. The minimum atomic E-state index is 0.133. The van der Waals surface area contributed by atoms with Crippen LogP contribution in [0.1, 0.15) is 19.3 Å². The lowest BCUT2D eigenvalue weighted by atomic mass is 10.0. The predicted molar refractivity (Wildman–Crippen MR) is 65.7 cm³/mol. The Labute approximate surface area is 103 Å². The first-order valence-electron chi connectivity index (χ1n) is 6.52. The maximum absolute atomic E-state index is 12.0. The Hall–Kier alpha value is -0.810. The minimum absolute atomic E-state index is 0.133. The Kier molecular flexibility index (Phi) is 4.23. The van der Waals surface area contributed by atoms with Crippen molar-refractivity contribution < 1.29 is 9.53 Å². The van der Waals surface area contributed by atoms with E-state index in [0.717, 1.165) is 45.5 Å². The molecule has 0 spiro atoms. The summed E-state index contributed by atoms with van der Waals surface area (Å²) in [5, 5.41) is 0. The van der Waals surface area contributed by atoms with Crippen LogP contribution in [0.3, 0.4) is 0 Å². The fourth-order valence-electron chi connectivity index (χ4n) is 2.76. The van der Waals surface area contributed by atoms with Gasteiger partial charge >= 0.3 is 6.03 Å². The van der Waals surface area contributed by atoms with E-state index in [0.29, 0.717) is 12.5 Å². The second kappa shape index (κ2) is 5.69. The molecule has 2 atom stereocenters. The smallest absolute Gasteiger partial charge is 0.319 e. The molecule has 0 bridgehead atoms. The largest absolute Gasteiger partial charge is 0.376 e. The first-order chi connectivity index (χ1) is 8.20. The van der Waals surface area contributed by atoms with Crippen molar-refractivity contribution in [1.29, 1.82) is 0 Å². The summed E-state index contributed by atoms with van der Waals surface area (Å²) in [6.07, 6.45) is 3.42. The van der Waals surface area contributed by atoms with E-state index >= 15 is 0 Å². The lowest BCUT2D eigenvalue weighted by Gasteiger charge is -2.39. The van der Waals surface area contributed by atoms with Crippen LogP contribution < -0.4 is 5.73 Å². The van der Waals surface area contributed by atoms with Crippen molar-refractivity contribution in [2.75, 3.05) is 39.8 Å². The number of nitrogens with two attached hydrogens (primary N) is 1. The van der Waals surface area contributed by atoms with Crippen molar-refractivity contribution in [2.45, 2.75) is 25.4 Å². The van der Waals surface area contributed by atoms with Crippen molar-refractivity contribution in [3.05, 3.63) is 0 Å². The standard InChI is InChI=1S/C12H23N3O2/c1-14-7-10(4-5-13)8-15(12(14)16)9-11-3-2-6-17-11/h10-11H,2-9,13H2,1H3. The number of hydrogen-bond donors (Lipinski definition) is 1. The summed E-state index contributed by atoms with van der Waals surface area (Å²) in [5.74, 6) is 0.504. The molecule has 2 rings (SSSR count). The van der Waals surface area contributed by atoms with Gasteiger partial charge in [0.25, 0.3) is 0 Å². The van der Waals surface area contributed by atoms with Crippen LogP contribution in [0.25, 0.3) is 0 Å². The molecule has 2 saturated heterocycles. The van der Waals surface area contributed by atoms with Crippen LogP contribution in [-0.4, -0.2) is 61.8 Å². The van der Waals surface area contributed by atoms with E-state index in [1.165, 1.54) is 0 Å². The fourth-order valence-corrected chi connectivity index (χ4v) is 2.76. The van der Waals surface area contributed by atoms with Gasteiger partial charge in [0, 0.05) is 33.3 Å². The monoisotopic (exact) mass is 241 g/mol. The molecule has 0 aromatic heterocycles. The molecule has 17 heavy (non-hydrogen) atoms. The van der Waals surface area contributed by atoms with Gasteiger partial charge in [0.15, 0.2) is 0 Å². The molecule has 0 radical (unpaired) electrons. The number of hydrogen-bond acceptors (Lipinski definition) is 3. The molecule has 5 heteroatoms. The third-order valence-corrected chi connectivity index (χ3v) is 3.63. The van der Waals surface area contributed by atoms with Crippen LogP contribution in [0, 0.1) is 5.92 Å². The van der Waals surface area contributed by atoms with Crippen molar-refractivity contribution in [2.24, 2.45) is 11.7 Å². The Balaban J connectivity index is 1.90. The quantitative estimate of drug-likeness (QED) is 0.779. The van der Waals surface area contributed by atoms with Crippen LogP contribution in [0.5, 0.6) is 0 Å². The Morgan fingerprint density at radius 1 is 1.47 bits per heavy atom. The van der Waals surface area contributed by atoms with Gasteiger partial charge in [-0.3, -0.25) is 0 Å². The van der Waals surface area contributed by atoms with Gasteiger partial charge in [-0.05, 0) is 31.7 Å². The Bertz CT molecular complexity index is 266. The highest BCUT2D eigenvalue weighted by Gasteiger charge is 2.31. The molecule has 98 valence electrons. The number of ether oxygens (including phenoxy) is 1. The number of urea groups is 1. The topological polar surface area (TPSA) is 58.8 Å². The molecule has 2 unspecified atom stereocenters. The molecular formula is C12H23N3O2. The van der Waals surface area contributed by atoms with Crippen molar-refractivity contribution >= 4 is 6.03 Å². The van der Waals surface area contributed by atoms with E-state index in [2.05, 4.69) is 0 Å². The number of nitrogens with zero attached hydrogens (tertiary/aromatic N) is 2. The number of carbonyl (C=O) groups excluding carboxylic acids is 1. The van der Waals surface area contributed by atoms with E-state index in [4.69, 9.17) is 10.5 Å². The fraction of sp³-hybridized carbons (Fsp3) is 0.917. The van der Waals surface area contributed by atoms with Crippen LogP contribution >= 0.6 is 0 Å². The Morgan fingerprint density at radius 2 is 2.29 bits per heavy atom. The molecule has 0 aliphatic carbocycles. The highest BCUT2D eigenvalue weighted by Crippen LogP contribution is 2.19. The summed E-state index contributed by atoms with van der Waals surface area (Å²) in [6.45, 7) is 3.94. The van der Waals surface area contributed by atoms with Crippen LogP contribution in [0.15, 0.2) is 0 Å². The second-order valence-electron chi connectivity index (χ2n) is 5.15. The molecule has 2 aliphatic heterocycles. The average molecular weight is 241 g/mol. The van der Waals surface area contributed by atoms with Crippen molar-refractivity contribution in [1.82, 2.24) is 9.80 Å². The molecule has 2 fully saturated rings. The zero-order valence-corrected chi connectivity index (χ0v) is 10.6. The van der Waals surface area contributed by atoms with Gasteiger partial charge in [0.05, 0.1) is 6.10 Å². The van der Waals surface area contributed by atoms with E-state index in [1.54, 1.807) is 4.90 Å². The van der Waals surface area contributed by atoms with Gasteiger partial charge in [0.1, 0.15) is 0 Å². The summed E-state index contributed by atoms with van der Waals surface area (Å²) < 4.78 is 5.60. The van der Waals surface area contributed by atoms with Crippen LogP contribution in [0.2, 0.25) is 0 Å². The summed E-state index contributed by atoms with van der Waals surface area (Å²) in [4.78, 5) is 15.8. The lowest BCUT2D eigenvalue weighted by Crippen LogP contribution is -2.53. The van der Waals surface area contributed by atoms with Gasteiger partial charge in [0.2, 0.25) is 0 Å². The lowest BCUT2D eigenvalue weighted by molar-refractivity contribution is 0.0545. The van der Waals surface area contributed by atoms with Gasteiger partial charge in [-0.15, -0.1) is 0 Å². The average Bonchev–Trinajstić information content (AvgIpc) is 2.78. The van der Waals surface area contributed by atoms with E-state index in [-0.39, 0.29) is 12.1 Å². The number of amides is 2. The zero-order valence-electron chi connectivity index (χ0n) is 10.6. The summed E-state index contributed by atoms with van der Waals surface area (Å²) in [7, 11) is 1.87. The minimum Gasteiger partial charge on any atom is -0.376 e. The van der Waals surface area contributed by atoms with Crippen molar-refractivity contribution in [3.8, 4) is 0 Å². The molecule has 2 aliphatic rings. The van der Waals surface area contributed by atoms with Crippen LogP contribution in [-0.2, 0) is 4.74 Å². The molecule has 2 N–H and O–H groups in total. The first kappa shape index (κ1) is 12.6. The SMILES string of the molecule is CN1CC(CCN)CN(CC2CCCO2)C1=O. The molecular weight excluding hydrogens is 218 g/mol. The molecule has 0 aromatic rings. The van der Waals surface area contributed by atoms with E-state index in [9.17, 15) is 4.79 Å². The second-order valence-corrected chi connectivity index (χ2v) is 5.15. The highest BCUT2D eigenvalue weighted by molar-refractivity contribution is 5.75. The van der Waals surface area contributed by atoms with E-state index < -0.39 is 0 Å². The van der Waals surface area contributed by atoms with Gasteiger partial charge in [-0.1, -0.05) is 0 Å². The summed E-state index contributed by atoms with van der Waals surface area (Å²) in [6, 6.07) is 0.133. The van der Waals surface area contributed by atoms with Gasteiger partial charge in [-0.2, -0.15) is 0 Å². The maximum Gasteiger partial charge on any atom is 0.319 e. The molecule has 2 heterocycles. The molecule has 0 saturated carbocycles. The van der Waals surface area contributed by atoms with Gasteiger partial charge in [-0.25, -0.2) is 4.79 Å². The third kappa shape index (κ3) is 3.10. The van der Waals surface area contributed by atoms with Crippen molar-refractivity contribution in [3.63, 3.8) is 0 Å². The first-order valence-corrected chi connectivity index (χ1v) is 6.52. The normalized spacial score (nSPS) is 30.1. The Morgan fingerprint density at radius 3 is 2.94 bits per heavy atom. The zero-order chi connectivity index (χ0) is 12.3. The highest BCUT2D eigenvalue weighted by atomic mass is 16.5. The molecule has 2 amide bonds. The third-order valence-electron chi connectivity index (χ3n) is 3.63. The molecule has 0 aromatic carbocycles. The maximum atomic E-state index is 12.0. The molecule has 5 nitrogen and oxygen atoms in total. The van der Waals surface area contributed by atoms with Gasteiger partial charge < -0.3 is 20.3 Å². The van der Waals surface area contributed by atoms with E-state index in [1.807, 2.05) is 11.9 Å². The number of rotatable bonds is 4. The number of carbonyl (C=O) groups is 1. The predicted octanol–water partition coefficient (Wildman–Crippen LogP) is 0.498. The summed E-state index contributed by atoms with van der Waals surface area (Å²) >= 11 is 0. The van der Waals surface area contributed by atoms with Crippen LogP contribution in [0.4, 0.5) is 4.79 Å².